The van der Waals surface area contributed by atoms with Gasteiger partial charge in [0, 0.05) is 39.0 Å². The van der Waals surface area contributed by atoms with Gasteiger partial charge in [0.1, 0.15) is 5.82 Å². The molecule has 2 aromatic rings. The van der Waals surface area contributed by atoms with E-state index >= 15 is 0 Å². The van der Waals surface area contributed by atoms with Gasteiger partial charge in [-0.15, -0.1) is 0 Å². The molecule has 0 spiro atoms. The molecule has 20 heavy (non-hydrogen) atoms. The molecule has 0 fully saturated rings. The van der Waals surface area contributed by atoms with Crippen molar-refractivity contribution in [1.82, 2.24) is 14.9 Å². The van der Waals surface area contributed by atoms with E-state index in [1.807, 2.05) is 17.8 Å². The van der Waals surface area contributed by atoms with Crippen molar-refractivity contribution < 1.29 is 13.2 Å². The van der Waals surface area contributed by atoms with E-state index < -0.39 is 11.7 Å². The summed E-state index contributed by atoms with van der Waals surface area (Å²) in [4.78, 5) is 4.18. The van der Waals surface area contributed by atoms with Crippen molar-refractivity contribution in [3.8, 4) is 0 Å². The molecule has 1 aromatic carbocycles. The van der Waals surface area contributed by atoms with Crippen LogP contribution in [0.1, 0.15) is 17.0 Å². The summed E-state index contributed by atoms with van der Waals surface area (Å²) in [5, 5.41) is 3.13. The fourth-order valence-corrected chi connectivity index (χ4v) is 1.93. The maximum absolute atomic E-state index is 12.6. The number of benzene rings is 1. The zero-order valence-electron chi connectivity index (χ0n) is 11.1. The molecular weight excluding hydrogens is 267 g/mol. The Morgan fingerprint density at radius 1 is 1.30 bits per heavy atom. The minimum Gasteiger partial charge on any atom is -0.338 e. The summed E-state index contributed by atoms with van der Waals surface area (Å²) in [5.41, 5.74) is 0.0144. The number of alkyl halides is 3. The zero-order valence-corrected chi connectivity index (χ0v) is 11.1. The number of nitrogens with zero attached hydrogens (tertiary/aromatic N) is 2. The van der Waals surface area contributed by atoms with Crippen LogP contribution in [0.25, 0.3) is 0 Å². The Kier molecular flexibility index (Phi) is 4.44. The summed E-state index contributed by atoms with van der Waals surface area (Å²) in [6, 6.07) is 5.37. The van der Waals surface area contributed by atoms with E-state index in [1.165, 1.54) is 12.1 Å². The highest BCUT2D eigenvalue weighted by molar-refractivity contribution is 5.25. The quantitative estimate of drug-likeness (QED) is 0.855. The Morgan fingerprint density at radius 3 is 2.75 bits per heavy atom. The van der Waals surface area contributed by atoms with Crippen LogP contribution in [0.15, 0.2) is 36.7 Å². The summed E-state index contributed by atoms with van der Waals surface area (Å²) in [7, 11) is 1.91. The number of aryl methyl sites for hydroxylation is 1. The van der Waals surface area contributed by atoms with E-state index in [1.54, 1.807) is 12.3 Å². The van der Waals surface area contributed by atoms with Crippen molar-refractivity contribution in [3.05, 3.63) is 53.6 Å². The van der Waals surface area contributed by atoms with Crippen LogP contribution in [-0.2, 0) is 26.2 Å². The summed E-state index contributed by atoms with van der Waals surface area (Å²) < 4.78 is 39.6. The third kappa shape index (κ3) is 3.84. The Labute approximate surface area is 115 Å². The van der Waals surface area contributed by atoms with Gasteiger partial charge in [0.05, 0.1) is 5.56 Å². The Balaban J connectivity index is 1.84. The van der Waals surface area contributed by atoms with Crippen LogP contribution in [0.2, 0.25) is 0 Å². The molecule has 0 aliphatic carbocycles. The lowest BCUT2D eigenvalue weighted by molar-refractivity contribution is -0.137. The van der Waals surface area contributed by atoms with Gasteiger partial charge in [-0.2, -0.15) is 13.2 Å². The average Bonchev–Trinajstić information content (AvgIpc) is 2.80. The molecule has 0 amide bonds. The third-order valence-corrected chi connectivity index (χ3v) is 3.03. The molecule has 0 aliphatic rings. The number of halogens is 3. The van der Waals surface area contributed by atoms with Crippen molar-refractivity contribution in [3.63, 3.8) is 0 Å². The molecule has 0 saturated carbocycles. The maximum Gasteiger partial charge on any atom is 0.416 e. The summed E-state index contributed by atoms with van der Waals surface area (Å²) in [6.07, 6.45) is 0.0374. The fraction of sp³-hybridized carbons (Fsp3) is 0.357. The van der Waals surface area contributed by atoms with Crippen LogP contribution in [0.3, 0.4) is 0 Å². The molecule has 108 valence electrons. The molecule has 1 N–H and O–H groups in total. The Bertz CT molecular complexity index is 561. The number of hydrogen-bond donors (Lipinski definition) is 1. The van der Waals surface area contributed by atoms with Crippen molar-refractivity contribution in [2.75, 3.05) is 6.54 Å². The molecule has 0 atom stereocenters. The monoisotopic (exact) mass is 283 g/mol. The second kappa shape index (κ2) is 6.09. The first kappa shape index (κ1) is 14.6. The number of hydrogen-bond acceptors (Lipinski definition) is 2. The fourth-order valence-electron chi connectivity index (χ4n) is 1.93. The number of rotatable bonds is 5. The van der Waals surface area contributed by atoms with E-state index in [-0.39, 0.29) is 0 Å². The highest BCUT2D eigenvalue weighted by atomic mass is 19.4. The third-order valence-electron chi connectivity index (χ3n) is 3.03. The van der Waals surface area contributed by atoms with Gasteiger partial charge >= 0.3 is 6.18 Å². The number of aromatic nitrogens is 2. The van der Waals surface area contributed by atoms with Crippen LogP contribution < -0.4 is 5.32 Å². The van der Waals surface area contributed by atoms with E-state index in [4.69, 9.17) is 0 Å². The van der Waals surface area contributed by atoms with Gasteiger partial charge in [0.25, 0.3) is 0 Å². The van der Waals surface area contributed by atoms with Crippen molar-refractivity contribution in [2.45, 2.75) is 19.1 Å². The largest absolute Gasteiger partial charge is 0.416 e. The van der Waals surface area contributed by atoms with Crippen LogP contribution >= 0.6 is 0 Å². The summed E-state index contributed by atoms with van der Waals surface area (Å²) in [6.45, 7) is 1.08. The molecule has 3 nitrogen and oxygen atoms in total. The Hall–Kier alpha value is -1.82. The SMILES string of the molecule is Cn1ccnc1CCNCc1cccc(C(F)(F)F)c1. The molecule has 0 aliphatic heterocycles. The predicted octanol–water partition coefficient (Wildman–Crippen LogP) is 2.77. The lowest BCUT2D eigenvalue weighted by Crippen LogP contribution is -2.18. The van der Waals surface area contributed by atoms with Gasteiger partial charge in [-0.3, -0.25) is 0 Å². The molecule has 2 rings (SSSR count). The molecule has 0 unspecified atom stereocenters. The lowest BCUT2D eigenvalue weighted by atomic mass is 10.1. The average molecular weight is 283 g/mol. The van der Waals surface area contributed by atoms with Crippen LogP contribution in [0.4, 0.5) is 13.2 Å². The van der Waals surface area contributed by atoms with Crippen LogP contribution in [0.5, 0.6) is 0 Å². The lowest BCUT2D eigenvalue weighted by Gasteiger charge is -2.09. The van der Waals surface area contributed by atoms with Crippen LogP contribution in [-0.4, -0.2) is 16.1 Å². The van der Waals surface area contributed by atoms with Gasteiger partial charge < -0.3 is 9.88 Å². The summed E-state index contributed by atoms with van der Waals surface area (Å²) >= 11 is 0. The first-order valence-corrected chi connectivity index (χ1v) is 6.30. The van der Waals surface area contributed by atoms with Gasteiger partial charge in [-0.1, -0.05) is 18.2 Å². The number of nitrogens with one attached hydrogen (secondary N) is 1. The minimum atomic E-state index is -4.29. The first-order chi connectivity index (χ1) is 9.47. The Morgan fingerprint density at radius 2 is 2.10 bits per heavy atom. The number of imidazole rings is 1. The molecule has 1 heterocycles. The molecule has 0 radical (unpaired) electrons. The van der Waals surface area contributed by atoms with Gasteiger partial charge in [0.2, 0.25) is 0 Å². The molecular formula is C14H16F3N3. The van der Waals surface area contributed by atoms with Gasteiger partial charge in [-0.05, 0) is 11.6 Å². The van der Waals surface area contributed by atoms with Gasteiger partial charge in [0.15, 0.2) is 0 Å². The topological polar surface area (TPSA) is 29.9 Å². The molecule has 0 saturated heterocycles. The van der Waals surface area contributed by atoms with E-state index in [0.717, 1.165) is 18.3 Å². The normalized spacial score (nSPS) is 11.8. The molecule has 1 aromatic heterocycles. The second-order valence-corrected chi connectivity index (χ2v) is 4.58. The highest BCUT2D eigenvalue weighted by Gasteiger charge is 2.30. The first-order valence-electron chi connectivity index (χ1n) is 6.30. The predicted molar refractivity (Wildman–Crippen MR) is 70.1 cm³/mol. The maximum atomic E-state index is 12.6. The van der Waals surface area contributed by atoms with E-state index in [0.29, 0.717) is 18.7 Å². The standard InChI is InChI=1S/C14H16F3N3/c1-20-8-7-19-13(20)5-6-18-10-11-3-2-4-12(9-11)14(15,16)17/h2-4,7-9,18H,5-6,10H2,1H3. The summed E-state index contributed by atoms with van der Waals surface area (Å²) in [5.74, 6) is 0.946. The smallest absolute Gasteiger partial charge is 0.338 e. The molecule has 6 heteroatoms. The van der Waals surface area contributed by atoms with Crippen molar-refractivity contribution in [2.24, 2.45) is 7.05 Å². The van der Waals surface area contributed by atoms with E-state index in [9.17, 15) is 13.2 Å². The van der Waals surface area contributed by atoms with Crippen molar-refractivity contribution in [1.29, 1.82) is 0 Å². The van der Waals surface area contributed by atoms with E-state index in [2.05, 4.69) is 10.3 Å². The van der Waals surface area contributed by atoms with Gasteiger partial charge in [-0.25, -0.2) is 4.98 Å². The highest BCUT2D eigenvalue weighted by Crippen LogP contribution is 2.29. The molecule has 0 bridgehead atoms. The van der Waals surface area contributed by atoms with Crippen molar-refractivity contribution >= 4 is 0 Å². The second-order valence-electron chi connectivity index (χ2n) is 4.58. The minimum absolute atomic E-state index is 0.411. The zero-order chi connectivity index (χ0) is 14.6. The van der Waals surface area contributed by atoms with Crippen LogP contribution in [0, 0.1) is 0 Å².